The SMILES string of the molecule is O=C(Oc1ccc(O)c(C2CCCCC2)c1)c1ccccc1-c1ccc(O)c(C2CCCCC2)c1. The molecule has 0 bridgehead atoms. The van der Waals surface area contributed by atoms with E-state index in [0.717, 1.165) is 60.8 Å². The molecule has 3 aromatic rings. The van der Waals surface area contributed by atoms with Gasteiger partial charge in [0.1, 0.15) is 17.2 Å². The maximum absolute atomic E-state index is 13.3. The van der Waals surface area contributed by atoms with Crippen molar-refractivity contribution < 1.29 is 19.7 Å². The van der Waals surface area contributed by atoms with E-state index >= 15 is 0 Å². The lowest BCUT2D eigenvalue weighted by Crippen LogP contribution is -2.11. The second-order valence-electron chi connectivity index (χ2n) is 10.1. The van der Waals surface area contributed by atoms with Gasteiger partial charge in [0.15, 0.2) is 0 Å². The molecule has 4 nitrogen and oxygen atoms in total. The minimum atomic E-state index is -0.423. The Labute approximate surface area is 207 Å². The van der Waals surface area contributed by atoms with Gasteiger partial charge in [-0.25, -0.2) is 4.79 Å². The third-order valence-corrected chi connectivity index (χ3v) is 7.79. The Morgan fingerprint density at radius 1 is 0.686 bits per heavy atom. The summed E-state index contributed by atoms with van der Waals surface area (Å²) < 4.78 is 5.82. The van der Waals surface area contributed by atoms with Crippen LogP contribution in [0.25, 0.3) is 11.1 Å². The second kappa shape index (κ2) is 10.6. The van der Waals surface area contributed by atoms with Crippen molar-refractivity contribution in [2.75, 3.05) is 0 Å². The van der Waals surface area contributed by atoms with E-state index in [4.69, 9.17) is 4.74 Å². The van der Waals surface area contributed by atoms with Crippen molar-refractivity contribution >= 4 is 5.97 Å². The van der Waals surface area contributed by atoms with Crippen molar-refractivity contribution in [3.8, 4) is 28.4 Å². The highest BCUT2D eigenvalue weighted by Crippen LogP contribution is 2.41. The van der Waals surface area contributed by atoms with Crippen LogP contribution in [0.2, 0.25) is 0 Å². The largest absolute Gasteiger partial charge is 0.508 e. The first-order chi connectivity index (χ1) is 17.1. The van der Waals surface area contributed by atoms with Crippen LogP contribution < -0.4 is 4.74 Å². The first-order valence-corrected chi connectivity index (χ1v) is 13.1. The highest BCUT2D eigenvalue weighted by Gasteiger charge is 2.22. The molecule has 182 valence electrons. The standard InChI is InChI=1S/C31H34O4/c32-29-17-15-23(19-27(29)21-9-3-1-4-10-21)25-13-7-8-14-26(25)31(34)35-24-16-18-30(33)28(20-24)22-11-5-2-6-12-22/h7-8,13-22,32-33H,1-6,9-12H2. The monoisotopic (exact) mass is 470 g/mol. The Hall–Kier alpha value is -3.27. The van der Waals surface area contributed by atoms with Gasteiger partial charge >= 0.3 is 5.97 Å². The average molecular weight is 471 g/mol. The molecule has 0 aliphatic heterocycles. The molecule has 2 aliphatic carbocycles. The summed E-state index contributed by atoms with van der Waals surface area (Å²) in [5, 5.41) is 21.0. The van der Waals surface area contributed by atoms with Crippen LogP contribution in [0.5, 0.6) is 17.2 Å². The number of hydrogen-bond donors (Lipinski definition) is 2. The summed E-state index contributed by atoms with van der Waals surface area (Å²) in [5.74, 6) is 1.31. The molecule has 2 fully saturated rings. The maximum atomic E-state index is 13.3. The van der Waals surface area contributed by atoms with Gasteiger partial charge in [-0.2, -0.15) is 0 Å². The Kier molecular flexibility index (Phi) is 7.08. The van der Waals surface area contributed by atoms with E-state index in [-0.39, 0.29) is 5.75 Å². The minimum absolute atomic E-state index is 0.274. The lowest BCUT2D eigenvalue weighted by atomic mass is 9.82. The van der Waals surface area contributed by atoms with E-state index in [9.17, 15) is 15.0 Å². The molecule has 4 heteroatoms. The molecule has 2 saturated carbocycles. The Morgan fingerprint density at radius 3 is 1.91 bits per heavy atom. The zero-order valence-corrected chi connectivity index (χ0v) is 20.2. The smallest absolute Gasteiger partial charge is 0.344 e. The average Bonchev–Trinajstić information content (AvgIpc) is 2.91. The molecule has 5 rings (SSSR count). The second-order valence-corrected chi connectivity index (χ2v) is 10.1. The fourth-order valence-corrected chi connectivity index (χ4v) is 5.87. The molecular formula is C31H34O4. The Bertz CT molecular complexity index is 1190. The van der Waals surface area contributed by atoms with Gasteiger partial charge in [0.05, 0.1) is 5.56 Å². The number of rotatable bonds is 5. The number of ether oxygens (including phenoxy) is 1. The number of esters is 1. The minimum Gasteiger partial charge on any atom is -0.508 e. The Morgan fingerprint density at radius 2 is 1.26 bits per heavy atom. The van der Waals surface area contributed by atoms with Gasteiger partial charge in [-0.15, -0.1) is 0 Å². The van der Waals surface area contributed by atoms with E-state index in [0.29, 0.717) is 28.9 Å². The molecule has 0 aromatic heterocycles. The summed E-state index contributed by atoms with van der Waals surface area (Å²) in [6.07, 6.45) is 11.5. The molecule has 2 N–H and O–H groups in total. The summed E-state index contributed by atoms with van der Waals surface area (Å²) in [7, 11) is 0. The van der Waals surface area contributed by atoms with Crippen molar-refractivity contribution in [3.05, 3.63) is 77.4 Å². The van der Waals surface area contributed by atoms with Gasteiger partial charge in [0.2, 0.25) is 0 Å². The molecule has 0 amide bonds. The van der Waals surface area contributed by atoms with Crippen molar-refractivity contribution in [1.82, 2.24) is 0 Å². The number of benzene rings is 3. The topological polar surface area (TPSA) is 66.8 Å². The van der Waals surface area contributed by atoms with Gasteiger partial charge in [-0.1, -0.05) is 62.8 Å². The van der Waals surface area contributed by atoms with Crippen molar-refractivity contribution in [2.24, 2.45) is 0 Å². The third-order valence-electron chi connectivity index (χ3n) is 7.79. The molecule has 0 heterocycles. The summed E-state index contributed by atoms with van der Waals surface area (Å²) >= 11 is 0. The van der Waals surface area contributed by atoms with Crippen LogP contribution in [-0.2, 0) is 0 Å². The van der Waals surface area contributed by atoms with Crippen LogP contribution in [0.15, 0.2) is 60.7 Å². The summed E-state index contributed by atoms with van der Waals surface area (Å²) in [4.78, 5) is 13.3. The van der Waals surface area contributed by atoms with E-state index in [1.165, 1.54) is 25.7 Å². The maximum Gasteiger partial charge on any atom is 0.344 e. The van der Waals surface area contributed by atoms with E-state index in [1.807, 2.05) is 36.4 Å². The summed E-state index contributed by atoms with van der Waals surface area (Å²) in [6.45, 7) is 0. The van der Waals surface area contributed by atoms with E-state index in [1.54, 1.807) is 24.3 Å². The first kappa shape index (κ1) is 23.5. The molecule has 0 radical (unpaired) electrons. The number of carbonyl (C=O) groups is 1. The van der Waals surface area contributed by atoms with Gasteiger partial charge in [-0.3, -0.25) is 0 Å². The number of phenolic OH excluding ortho intramolecular Hbond substituents is 2. The predicted octanol–water partition coefficient (Wildman–Crippen LogP) is 8.08. The molecule has 0 saturated heterocycles. The molecule has 0 spiro atoms. The molecular weight excluding hydrogens is 436 g/mol. The molecule has 2 aliphatic rings. The van der Waals surface area contributed by atoms with Crippen LogP contribution in [0, 0.1) is 0 Å². The zero-order chi connectivity index (χ0) is 24.2. The van der Waals surface area contributed by atoms with Crippen molar-refractivity contribution in [3.63, 3.8) is 0 Å². The molecule has 3 aromatic carbocycles. The van der Waals surface area contributed by atoms with Crippen molar-refractivity contribution in [1.29, 1.82) is 0 Å². The normalized spacial score (nSPS) is 17.3. The number of phenols is 2. The number of aromatic hydroxyl groups is 2. The van der Waals surface area contributed by atoms with Crippen LogP contribution in [0.4, 0.5) is 0 Å². The van der Waals surface area contributed by atoms with Crippen LogP contribution in [0.1, 0.15) is 97.5 Å². The van der Waals surface area contributed by atoms with Crippen LogP contribution >= 0.6 is 0 Å². The third kappa shape index (κ3) is 5.22. The van der Waals surface area contributed by atoms with Crippen molar-refractivity contribution in [2.45, 2.75) is 76.0 Å². The van der Waals surface area contributed by atoms with Crippen LogP contribution in [-0.4, -0.2) is 16.2 Å². The highest BCUT2D eigenvalue weighted by molar-refractivity contribution is 5.98. The number of hydrogen-bond acceptors (Lipinski definition) is 4. The van der Waals surface area contributed by atoms with Gasteiger partial charge in [0.25, 0.3) is 0 Å². The predicted molar refractivity (Wildman–Crippen MR) is 138 cm³/mol. The first-order valence-electron chi connectivity index (χ1n) is 13.1. The Balaban J connectivity index is 1.41. The lowest BCUT2D eigenvalue weighted by Gasteiger charge is -2.23. The van der Waals surface area contributed by atoms with E-state index in [2.05, 4.69) is 0 Å². The van der Waals surface area contributed by atoms with Gasteiger partial charge in [0, 0.05) is 5.56 Å². The van der Waals surface area contributed by atoms with E-state index < -0.39 is 5.97 Å². The molecule has 35 heavy (non-hydrogen) atoms. The quantitative estimate of drug-likeness (QED) is 0.292. The fraction of sp³-hybridized carbons (Fsp3) is 0.387. The highest BCUT2D eigenvalue weighted by atomic mass is 16.5. The zero-order valence-electron chi connectivity index (χ0n) is 20.2. The van der Waals surface area contributed by atoms with Gasteiger partial charge in [-0.05, 0) is 90.6 Å². The molecule has 0 unspecified atom stereocenters. The van der Waals surface area contributed by atoms with Crippen LogP contribution in [0.3, 0.4) is 0 Å². The lowest BCUT2D eigenvalue weighted by molar-refractivity contribution is 0.0735. The molecule has 0 atom stereocenters. The number of carbonyl (C=O) groups excluding carboxylic acids is 1. The van der Waals surface area contributed by atoms with Gasteiger partial charge < -0.3 is 14.9 Å². The summed E-state index contributed by atoms with van der Waals surface area (Å²) in [5.41, 5.74) is 4.03. The summed E-state index contributed by atoms with van der Waals surface area (Å²) in [6, 6.07) is 18.2. The fourth-order valence-electron chi connectivity index (χ4n) is 5.87.